The molecular weight excluding hydrogens is 445 g/mol. The largest absolute Gasteiger partial charge is 0.506 e. The van der Waals surface area contributed by atoms with Gasteiger partial charge in [-0.2, -0.15) is 13.2 Å². The Hall–Kier alpha value is -2.45. The van der Waals surface area contributed by atoms with Crippen LogP contribution in [0, 0.1) is 6.92 Å². The van der Waals surface area contributed by atoms with Crippen LogP contribution in [0.5, 0.6) is 0 Å². The van der Waals surface area contributed by atoms with E-state index in [1.54, 1.807) is 19.1 Å². The van der Waals surface area contributed by atoms with Crippen molar-refractivity contribution in [2.75, 3.05) is 18.4 Å². The number of hydrogen-bond acceptors (Lipinski definition) is 4. The monoisotopic (exact) mass is 470 g/mol. The molecule has 0 amide bonds. The molecule has 0 aromatic heterocycles. The molecule has 2 aromatic carbocycles. The summed E-state index contributed by atoms with van der Waals surface area (Å²) in [5, 5.41) is 11.9. The van der Waals surface area contributed by atoms with Gasteiger partial charge in [-0.3, -0.25) is 4.90 Å². The Morgan fingerprint density at radius 3 is 2.66 bits per heavy atom. The third-order valence-electron chi connectivity index (χ3n) is 5.63. The quantitative estimate of drug-likeness (QED) is 0.472. The van der Waals surface area contributed by atoms with Gasteiger partial charge in [0, 0.05) is 30.3 Å². The topological polar surface area (TPSA) is 61.8 Å². The van der Waals surface area contributed by atoms with Gasteiger partial charge in [-0.1, -0.05) is 36.7 Å². The predicted molar refractivity (Wildman–Crippen MR) is 117 cm³/mol. The summed E-state index contributed by atoms with van der Waals surface area (Å²) < 4.78 is 46.5. The Bertz CT molecular complexity index is 968. The zero-order valence-corrected chi connectivity index (χ0v) is 18.6. The lowest BCUT2D eigenvalue weighted by Gasteiger charge is -2.25. The van der Waals surface area contributed by atoms with Crippen molar-refractivity contribution in [3.8, 4) is 0 Å². The number of ether oxygens (including phenoxy) is 1. The van der Waals surface area contributed by atoms with E-state index in [0.29, 0.717) is 42.3 Å². The molecule has 32 heavy (non-hydrogen) atoms. The number of alkyl halides is 3. The van der Waals surface area contributed by atoms with Gasteiger partial charge in [0.1, 0.15) is 12.1 Å². The maximum Gasteiger partial charge on any atom is 0.506 e. The molecule has 2 N–H and O–H groups in total. The van der Waals surface area contributed by atoms with Crippen molar-refractivity contribution in [3.05, 3.63) is 63.7 Å². The fourth-order valence-corrected chi connectivity index (χ4v) is 4.11. The van der Waals surface area contributed by atoms with Crippen molar-refractivity contribution in [2.24, 2.45) is 0 Å². The number of anilines is 1. The Morgan fingerprint density at radius 2 is 2.03 bits per heavy atom. The highest BCUT2D eigenvalue weighted by Gasteiger charge is 2.41. The number of halogens is 4. The molecule has 1 heterocycles. The second kappa shape index (κ2) is 10.0. The minimum Gasteiger partial charge on any atom is -0.450 e. The maximum atomic E-state index is 13.9. The number of carbonyl (C=O) groups is 1. The summed E-state index contributed by atoms with van der Waals surface area (Å²) in [6, 6.07) is 7.66. The van der Waals surface area contributed by atoms with E-state index in [1.807, 2.05) is 13.0 Å². The molecule has 1 aliphatic heterocycles. The van der Waals surface area contributed by atoms with Crippen LogP contribution in [0.3, 0.4) is 0 Å². The molecule has 2 atom stereocenters. The van der Waals surface area contributed by atoms with Crippen LogP contribution in [-0.4, -0.2) is 41.5 Å². The van der Waals surface area contributed by atoms with Gasteiger partial charge in [-0.05, 0) is 60.2 Å². The maximum absolute atomic E-state index is 13.9. The Balaban J connectivity index is 1.81. The fourth-order valence-electron chi connectivity index (χ4n) is 4.00. The molecule has 0 saturated carbocycles. The summed E-state index contributed by atoms with van der Waals surface area (Å²) in [5.41, 5.74) is 2.97. The molecule has 0 aliphatic carbocycles. The van der Waals surface area contributed by atoms with Crippen LogP contribution in [0.25, 0.3) is 0 Å². The lowest BCUT2D eigenvalue weighted by molar-refractivity contribution is -0.144. The highest BCUT2D eigenvalue weighted by Crippen LogP contribution is 2.37. The number of carboxylic acid groups (broad SMARTS) is 1. The second-order valence-electron chi connectivity index (χ2n) is 7.99. The number of nitrogens with one attached hydrogen (secondary N) is 1. The van der Waals surface area contributed by atoms with E-state index < -0.39 is 18.4 Å². The van der Waals surface area contributed by atoms with Crippen LogP contribution in [-0.2, 0) is 17.7 Å². The van der Waals surface area contributed by atoms with Crippen LogP contribution >= 0.6 is 11.6 Å². The normalized spacial score (nSPS) is 17.9. The first kappa shape index (κ1) is 24.2. The van der Waals surface area contributed by atoms with E-state index in [9.17, 15) is 18.0 Å². The molecule has 1 aliphatic rings. The fraction of sp³-hybridized carbons (Fsp3) is 0.435. The van der Waals surface area contributed by atoms with E-state index in [1.165, 1.54) is 18.2 Å². The first-order chi connectivity index (χ1) is 15.1. The summed E-state index contributed by atoms with van der Waals surface area (Å²) in [5.74, 6) is 0. The van der Waals surface area contributed by atoms with Crippen molar-refractivity contribution in [1.82, 2.24) is 4.90 Å². The number of aryl methyl sites for hydroxylation is 2. The van der Waals surface area contributed by atoms with Gasteiger partial charge in [0.25, 0.3) is 0 Å². The van der Waals surface area contributed by atoms with Gasteiger partial charge in [0.15, 0.2) is 0 Å². The SMILES string of the molecule is CCc1ccc(N[C@@H](c2ccc(Cl)c(C)c2)C(F)(F)F)cc1CN1CC[C@@H](OC(=O)O)C1. The summed E-state index contributed by atoms with van der Waals surface area (Å²) >= 11 is 5.99. The number of hydrogen-bond donors (Lipinski definition) is 2. The first-order valence-electron chi connectivity index (χ1n) is 10.4. The van der Waals surface area contributed by atoms with E-state index in [2.05, 4.69) is 10.2 Å². The molecule has 0 unspecified atom stereocenters. The summed E-state index contributed by atoms with van der Waals surface area (Å²) in [6.45, 7) is 5.29. The minimum atomic E-state index is -4.50. The summed E-state index contributed by atoms with van der Waals surface area (Å²) in [7, 11) is 0. The number of benzene rings is 2. The smallest absolute Gasteiger partial charge is 0.450 e. The van der Waals surface area contributed by atoms with E-state index in [-0.39, 0.29) is 11.7 Å². The number of nitrogens with zero attached hydrogens (tertiary/aromatic N) is 1. The van der Waals surface area contributed by atoms with Crippen molar-refractivity contribution < 1.29 is 27.8 Å². The summed E-state index contributed by atoms with van der Waals surface area (Å²) in [6.07, 6.45) is -4.86. The Morgan fingerprint density at radius 1 is 1.28 bits per heavy atom. The van der Waals surface area contributed by atoms with Gasteiger partial charge in [0.2, 0.25) is 0 Å². The van der Waals surface area contributed by atoms with E-state index in [4.69, 9.17) is 21.4 Å². The molecule has 0 bridgehead atoms. The molecule has 0 radical (unpaired) electrons. The standard InChI is InChI=1S/C23H26ClF3N2O3/c1-3-15-4-6-18(11-17(15)12-29-9-8-19(13-29)32-22(30)31)28-21(23(25,26)27)16-5-7-20(24)14(2)10-16/h4-7,10-11,19,21,28H,3,8-9,12-13H2,1-2H3,(H,30,31)/t19-,21+/m1/s1. The van der Waals surface area contributed by atoms with Crippen LogP contribution in [0.15, 0.2) is 36.4 Å². The zero-order valence-electron chi connectivity index (χ0n) is 17.9. The van der Waals surface area contributed by atoms with Gasteiger partial charge in [-0.25, -0.2) is 4.79 Å². The minimum absolute atomic E-state index is 0.0914. The van der Waals surface area contributed by atoms with Crippen molar-refractivity contribution >= 4 is 23.4 Å². The molecule has 9 heteroatoms. The van der Waals surface area contributed by atoms with Gasteiger partial charge >= 0.3 is 12.3 Å². The van der Waals surface area contributed by atoms with Crippen LogP contribution in [0.2, 0.25) is 5.02 Å². The average molecular weight is 471 g/mol. The molecule has 5 nitrogen and oxygen atoms in total. The molecule has 174 valence electrons. The average Bonchev–Trinajstić information content (AvgIpc) is 3.13. The molecule has 1 saturated heterocycles. The van der Waals surface area contributed by atoms with Crippen molar-refractivity contribution in [2.45, 2.75) is 51.6 Å². The Kier molecular flexibility index (Phi) is 7.56. The van der Waals surface area contributed by atoms with Crippen LogP contribution in [0.4, 0.5) is 23.7 Å². The van der Waals surface area contributed by atoms with Gasteiger partial charge in [-0.15, -0.1) is 0 Å². The van der Waals surface area contributed by atoms with E-state index >= 15 is 0 Å². The third kappa shape index (κ3) is 6.07. The van der Waals surface area contributed by atoms with Gasteiger partial charge < -0.3 is 15.2 Å². The molecule has 3 rings (SSSR count). The first-order valence-corrected chi connectivity index (χ1v) is 10.8. The Labute approximate surface area is 190 Å². The van der Waals surface area contributed by atoms with Crippen molar-refractivity contribution in [3.63, 3.8) is 0 Å². The van der Waals surface area contributed by atoms with Crippen LogP contribution in [0.1, 0.15) is 41.6 Å². The third-order valence-corrected chi connectivity index (χ3v) is 6.06. The second-order valence-corrected chi connectivity index (χ2v) is 8.40. The number of likely N-dealkylation sites (tertiary alicyclic amines) is 1. The molecule has 1 fully saturated rings. The number of rotatable bonds is 7. The predicted octanol–water partition coefficient (Wildman–Crippen LogP) is 6.20. The highest BCUT2D eigenvalue weighted by atomic mass is 35.5. The van der Waals surface area contributed by atoms with Crippen molar-refractivity contribution in [1.29, 1.82) is 0 Å². The van der Waals surface area contributed by atoms with E-state index in [0.717, 1.165) is 17.5 Å². The van der Waals surface area contributed by atoms with Gasteiger partial charge in [0.05, 0.1) is 0 Å². The summed E-state index contributed by atoms with van der Waals surface area (Å²) in [4.78, 5) is 12.8. The zero-order chi connectivity index (χ0) is 23.5. The molecule has 2 aromatic rings. The molecule has 0 spiro atoms. The van der Waals surface area contributed by atoms with Crippen LogP contribution < -0.4 is 5.32 Å². The highest BCUT2D eigenvalue weighted by molar-refractivity contribution is 6.31. The lowest BCUT2D eigenvalue weighted by atomic mass is 10.0. The molecular formula is C23H26ClF3N2O3. The lowest BCUT2D eigenvalue weighted by Crippen LogP contribution is -2.28.